The standard InChI is InChI=1S/C18H20N2O3/c1-2-6-15(18(22)23)20-17(21)16-11-7-3-4-9-13(11)19-14-10-5-8-12(14)16/h3-4,7,9,15H,2,5-6,8,10H2,1H3,(H,20,21)(H,22,23). The van der Waals surface area contributed by atoms with Gasteiger partial charge in [0.05, 0.1) is 11.1 Å². The number of carbonyl (C=O) groups is 2. The Morgan fingerprint density at radius 3 is 2.83 bits per heavy atom. The van der Waals surface area contributed by atoms with Gasteiger partial charge in [-0.1, -0.05) is 31.5 Å². The molecule has 120 valence electrons. The maximum Gasteiger partial charge on any atom is 0.326 e. The minimum Gasteiger partial charge on any atom is -0.480 e. The molecule has 0 saturated heterocycles. The second-order valence-corrected chi connectivity index (χ2v) is 5.94. The number of fused-ring (bicyclic) bond motifs is 2. The summed E-state index contributed by atoms with van der Waals surface area (Å²) in [5, 5.41) is 12.8. The van der Waals surface area contributed by atoms with E-state index in [1.165, 1.54) is 0 Å². The molecule has 3 rings (SSSR count). The van der Waals surface area contributed by atoms with Gasteiger partial charge in [-0.2, -0.15) is 0 Å². The fourth-order valence-corrected chi connectivity index (χ4v) is 3.25. The number of pyridine rings is 1. The van der Waals surface area contributed by atoms with Crippen molar-refractivity contribution < 1.29 is 14.7 Å². The molecule has 0 fully saturated rings. The Bertz CT molecular complexity index is 770. The van der Waals surface area contributed by atoms with E-state index in [9.17, 15) is 14.7 Å². The Kier molecular flexibility index (Phi) is 4.28. The zero-order chi connectivity index (χ0) is 16.4. The first-order valence-electron chi connectivity index (χ1n) is 8.06. The predicted molar refractivity (Wildman–Crippen MR) is 87.6 cm³/mol. The average Bonchev–Trinajstić information content (AvgIpc) is 2.99. The van der Waals surface area contributed by atoms with Crippen molar-refractivity contribution in [2.45, 2.75) is 45.1 Å². The van der Waals surface area contributed by atoms with Gasteiger partial charge in [-0.05, 0) is 37.3 Å². The minimum absolute atomic E-state index is 0.303. The van der Waals surface area contributed by atoms with Gasteiger partial charge in [0.15, 0.2) is 0 Å². The third-order valence-corrected chi connectivity index (χ3v) is 4.33. The smallest absolute Gasteiger partial charge is 0.326 e. The number of aromatic nitrogens is 1. The van der Waals surface area contributed by atoms with Crippen molar-refractivity contribution in [3.05, 3.63) is 41.1 Å². The van der Waals surface area contributed by atoms with Crippen molar-refractivity contribution in [3.8, 4) is 0 Å². The fraction of sp³-hybridized carbons (Fsp3) is 0.389. The van der Waals surface area contributed by atoms with Gasteiger partial charge < -0.3 is 10.4 Å². The highest BCUT2D eigenvalue weighted by Gasteiger charge is 2.26. The maximum absolute atomic E-state index is 12.8. The Hall–Kier alpha value is -2.43. The van der Waals surface area contributed by atoms with E-state index in [4.69, 9.17) is 0 Å². The van der Waals surface area contributed by atoms with Crippen LogP contribution in [0.15, 0.2) is 24.3 Å². The zero-order valence-electron chi connectivity index (χ0n) is 13.1. The van der Waals surface area contributed by atoms with Crippen LogP contribution in [0.5, 0.6) is 0 Å². The van der Waals surface area contributed by atoms with E-state index >= 15 is 0 Å². The molecular weight excluding hydrogens is 292 g/mol. The summed E-state index contributed by atoms with van der Waals surface area (Å²) in [6.07, 6.45) is 3.80. The normalized spacial score (nSPS) is 14.5. The van der Waals surface area contributed by atoms with Gasteiger partial charge in [-0.3, -0.25) is 9.78 Å². The van der Waals surface area contributed by atoms with Gasteiger partial charge in [-0.25, -0.2) is 4.79 Å². The van der Waals surface area contributed by atoms with Gasteiger partial charge in [-0.15, -0.1) is 0 Å². The molecule has 0 saturated carbocycles. The molecule has 0 spiro atoms. The number of carboxylic acid groups (broad SMARTS) is 1. The molecule has 1 aliphatic rings. The summed E-state index contributed by atoms with van der Waals surface area (Å²) in [5.74, 6) is -1.29. The number of hydrogen-bond acceptors (Lipinski definition) is 3. The largest absolute Gasteiger partial charge is 0.480 e. The second kappa shape index (κ2) is 6.36. The van der Waals surface area contributed by atoms with Crippen molar-refractivity contribution >= 4 is 22.8 Å². The molecule has 2 aromatic rings. The van der Waals surface area contributed by atoms with E-state index in [0.29, 0.717) is 18.4 Å². The number of hydrogen-bond donors (Lipinski definition) is 2. The lowest BCUT2D eigenvalue weighted by Crippen LogP contribution is -2.41. The number of nitrogens with zero attached hydrogens (tertiary/aromatic N) is 1. The first-order chi connectivity index (χ1) is 11.1. The highest BCUT2D eigenvalue weighted by Crippen LogP contribution is 2.30. The number of benzene rings is 1. The van der Waals surface area contributed by atoms with Crippen molar-refractivity contribution in [2.75, 3.05) is 0 Å². The minimum atomic E-state index is -0.991. The number of amides is 1. The van der Waals surface area contributed by atoms with Crippen LogP contribution in [0.4, 0.5) is 0 Å². The van der Waals surface area contributed by atoms with Crippen molar-refractivity contribution in [1.29, 1.82) is 0 Å². The molecule has 23 heavy (non-hydrogen) atoms. The molecule has 1 aliphatic carbocycles. The summed E-state index contributed by atoms with van der Waals surface area (Å²) in [4.78, 5) is 28.8. The van der Waals surface area contributed by atoms with E-state index < -0.39 is 12.0 Å². The average molecular weight is 312 g/mol. The van der Waals surface area contributed by atoms with E-state index in [2.05, 4.69) is 10.3 Å². The highest BCUT2D eigenvalue weighted by molar-refractivity contribution is 6.08. The Balaban J connectivity index is 2.04. The Morgan fingerprint density at radius 2 is 2.09 bits per heavy atom. The second-order valence-electron chi connectivity index (χ2n) is 5.94. The van der Waals surface area contributed by atoms with Crippen molar-refractivity contribution in [1.82, 2.24) is 10.3 Å². The summed E-state index contributed by atoms with van der Waals surface area (Å²) in [5.41, 5.74) is 3.34. The van der Waals surface area contributed by atoms with Crippen molar-refractivity contribution in [3.63, 3.8) is 0 Å². The first-order valence-corrected chi connectivity index (χ1v) is 8.06. The van der Waals surface area contributed by atoms with Crippen LogP contribution in [0.2, 0.25) is 0 Å². The number of para-hydroxylation sites is 1. The van der Waals surface area contributed by atoms with Crippen LogP contribution in [0, 0.1) is 0 Å². The van der Waals surface area contributed by atoms with Crippen molar-refractivity contribution in [2.24, 2.45) is 0 Å². The number of carboxylic acids is 1. The first kappa shape index (κ1) is 15.5. The molecule has 5 nitrogen and oxygen atoms in total. The van der Waals surface area contributed by atoms with E-state index in [0.717, 1.165) is 41.4 Å². The molecular formula is C18H20N2O3. The molecule has 1 atom stereocenters. The highest BCUT2D eigenvalue weighted by atomic mass is 16.4. The molecule has 0 aliphatic heterocycles. The van der Waals surface area contributed by atoms with Crippen LogP contribution >= 0.6 is 0 Å². The van der Waals surface area contributed by atoms with Crippen LogP contribution < -0.4 is 5.32 Å². The van der Waals surface area contributed by atoms with Crippen LogP contribution in [0.25, 0.3) is 10.9 Å². The fourth-order valence-electron chi connectivity index (χ4n) is 3.25. The number of aryl methyl sites for hydroxylation is 1. The number of nitrogens with one attached hydrogen (secondary N) is 1. The molecule has 0 radical (unpaired) electrons. The topological polar surface area (TPSA) is 79.3 Å². The monoisotopic (exact) mass is 312 g/mol. The van der Waals surface area contributed by atoms with E-state index in [1.54, 1.807) is 0 Å². The van der Waals surface area contributed by atoms with Crippen LogP contribution in [0.1, 0.15) is 47.8 Å². The zero-order valence-corrected chi connectivity index (χ0v) is 13.1. The lowest BCUT2D eigenvalue weighted by atomic mass is 10.00. The Morgan fingerprint density at radius 1 is 1.30 bits per heavy atom. The van der Waals surface area contributed by atoms with Crippen LogP contribution in [-0.4, -0.2) is 28.0 Å². The maximum atomic E-state index is 12.8. The van der Waals surface area contributed by atoms with Gasteiger partial charge in [0.25, 0.3) is 5.91 Å². The molecule has 2 N–H and O–H groups in total. The van der Waals surface area contributed by atoms with E-state index in [-0.39, 0.29) is 5.91 Å². The number of carbonyl (C=O) groups excluding carboxylic acids is 1. The van der Waals surface area contributed by atoms with Crippen LogP contribution in [-0.2, 0) is 17.6 Å². The van der Waals surface area contributed by atoms with Gasteiger partial charge in [0.2, 0.25) is 0 Å². The summed E-state index contributed by atoms with van der Waals surface area (Å²) in [7, 11) is 0. The quantitative estimate of drug-likeness (QED) is 0.889. The summed E-state index contributed by atoms with van der Waals surface area (Å²) in [6, 6.07) is 6.70. The third-order valence-electron chi connectivity index (χ3n) is 4.33. The predicted octanol–water partition coefficient (Wildman–Crippen LogP) is 2.71. The van der Waals surface area contributed by atoms with Gasteiger partial charge in [0, 0.05) is 11.1 Å². The molecule has 5 heteroatoms. The Labute approximate surface area is 134 Å². The summed E-state index contributed by atoms with van der Waals surface area (Å²) >= 11 is 0. The SMILES string of the molecule is CCCC(NC(=O)c1c2c(nc3ccccc13)CCC2)C(=O)O. The summed E-state index contributed by atoms with van der Waals surface area (Å²) in [6.45, 7) is 1.90. The number of aliphatic carboxylic acids is 1. The van der Waals surface area contributed by atoms with E-state index in [1.807, 2.05) is 31.2 Å². The summed E-state index contributed by atoms with van der Waals surface area (Å²) < 4.78 is 0. The molecule has 1 heterocycles. The lowest BCUT2D eigenvalue weighted by molar-refractivity contribution is -0.139. The van der Waals surface area contributed by atoms with Gasteiger partial charge in [0.1, 0.15) is 6.04 Å². The van der Waals surface area contributed by atoms with Gasteiger partial charge >= 0.3 is 5.97 Å². The molecule has 1 aromatic carbocycles. The molecule has 0 bridgehead atoms. The molecule has 1 amide bonds. The number of rotatable bonds is 5. The molecule has 1 aromatic heterocycles. The molecule has 1 unspecified atom stereocenters. The van der Waals surface area contributed by atoms with Crippen LogP contribution in [0.3, 0.4) is 0 Å². The third kappa shape index (κ3) is 2.91. The lowest BCUT2D eigenvalue weighted by Gasteiger charge is -2.16.